The van der Waals surface area contributed by atoms with E-state index in [4.69, 9.17) is 4.42 Å². The number of rotatable bonds is 3. The summed E-state index contributed by atoms with van der Waals surface area (Å²) in [5.74, 6) is 0.719. The Bertz CT molecular complexity index is 1210. The number of hydrogen-bond acceptors (Lipinski definition) is 7. The van der Waals surface area contributed by atoms with Crippen LogP contribution in [0.2, 0.25) is 0 Å². The van der Waals surface area contributed by atoms with Gasteiger partial charge in [-0.25, -0.2) is 9.67 Å². The van der Waals surface area contributed by atoms with Crippen molar-refractivity contribution in [1.29, 1.82) is 0 Å². The third-order valence-corrected chi connectivity index (χ3v) is 6.60. The zero-order chi connectivity index (χ0) is 20.2. The lowest BCUT2D eigenvalue weighted by Crippen LogP contribution is -2.45. The van der Waals surface area contributed by atoms with E-state index < -0.39 is 16.5 Å². The molecule has 3 aromatic rings. The predicted octanol–water partition coefficient (Wildman–Crippen LogP) is 0.999. The summed E-state index contributed by atoms with van der Waals surface area (Å²) in [6.45, 7) is 3.50. The quantitative estimate of drug-likeness (QED) is 0.594. The van der Waals surface area contributed by atoms with Crippen molar-refractivity contribution in [2.45, 2.75) is 38.3 Å². The van der Waals surface area contributed by atoms with Crippen molar-refractivity contribution >= 4 is 17.2 Å². The number of carbonyl (C=O) groups is 1. The van der Waals surface area contributed by atoms with E-state index in [-0.39, 0.29) is 12.5 Å². The number of likely N-dealkylation sites (tertiary alicyclic amines) is 1. The highest BCUT2D eigenvalue weighted by Crippen LogP contribution is 2.40. The van der Waals surface area contributed by atoms with E-state index in [2.05, 4.69) is 10.1 Å². The molecule has 1 saturated heterocycles. The predicted molar refractivity (Wildman–Crippen MR) is 104 cm³/mol. The molecule has 2 aliphatic heterocycles. The minimum absolute atomic E-state index is 0.164. The molecule has 1 spiro atoms. The van der Waals surface area contributed by atoms with Gasteiger partial charge in [0.2, 0.25) is 0 Å². The van der Waals surface area contributed by atoms with Gasteiger partial charge in [0.1, 0.15) is 5.82 Å². The standard InChI is InChI=1S/C19H19N5O4S/c1-12-20-13(10-29-12)9-24-17(27)16(26)23-7-5-19(18(23)21-24)4-6-22(11-19)15(25)14-3-2-8-28-14/h2-3,8,10H,4-7,9,11H2,1H3. The van der Waals surface area contributed by atoms with Gasteiger partial charge in [-0.1, -0.05) is 0 Å². The molecule has 1 fully saturated rings. The first-order valence-electron chi connectivity index (χ1n) is 9.43. The number of amides is 1. The van der Waals surface area contributed by atoms with Crippen LogP contribution in [0.15, 0.2) is 37.8 Å². The summed E-state index contributed by atoms with van der Waals surface area (Å²) in [6.07, 6.45) is 2.85. The van der Waals surface area contributed by atoms with Crippen LogP contribution in [-0.4, -0.2) is 43.2 Å². The van der Waals surface area contributed by atoms with Crippen LogP contribution in [0.3, 0.4) is 0 Å². The Morgan fingerprint density at radius 1 is 1.28 bits per heavy atom. The highest BCUT2D eigenvalue weighted by atomic mass is 32.1. The van der Waals surface area contributed by atoms with Gasteiger partial charge >= 0.3 is 11.1 Å². The molecule has 150 valence electrons. The number of aromatic nitrogens is 4. The molecule has 1 amide bonds. The topological polar surface area (TPSA) is 103 Å². The Morgan fingerprint density at radius 3 is 2.83 bits per heavy atom. The number of fused-ring (bicyclic) bond motifs is 2. The van der Waals surface area contributed by atoms with Gasteiger partial charge in [-0.05, 0) is 31.9 Å². The molecule has 29 heavy (non-hydrogen) atoms. The molecule has 5 heterocycles. The van der Waals surface area contributed by atoms with Crippen molar-refractivity contribution in [2.24, 2.45) is 0 Å². The van der Waals surface area contributed by atoms with Gasteiger partial charge in [-0.2, -0.15) is 5.10 Å². The van der Waals surface area contributed by atoms with E-state index >= 15 is 0 Å². The maximum atomic E-state index is 12.7. The molecular formula is C19H19N5O4S. The van der Waals surface area contributed by atoms with Crippen LogP contribution in [0.1, 0.15) is 39.9 Å². The first-order valence-corrected chi connectivity index (χ1v) is 10.3. The lowest BCUT2D eigenvalue weighted by Gasteiger charge is -2.23. The first-order chi connectivity index (χ1) is 14.0. The van der Waals surface area contributed by atoms with E-state index in [9.17, 15) is 14.4 Å². The molecule has 1 atom stereocenters. The van der Waals surface area contributed by atoms with Gasteiger partial charge in [0, 0.05) is 25.0 Å². The zero-order valence-corrected chi connectivity index (χ0v) is 16.6. The van der Waals surface area contributed by atoms with Gasteiger partial charge in [0.25, 0.3) is 5.91 Å². The van der Waals surface area contributed by atoms with E-state index in [1.165, 1.54) is 26.8 Å². The van der Waals surface area contributed by atoms with Crippen molar-refractivity contribution < 1.29 is 9.21 Å². The van der Waals surface area contributed by atoms with Gasteiger partial charge in [-0.15, -0.1) is 11.3 Å². The van der Waals surface area contributed by atoms with Crippen molar-refractivity contribution in [3.05, 3.63) is 66.8 Å². The number of furan rings is 1. The number of hydrogen-bond donors (Lipinski definition) is 0. The smallest absolute Gasteiger partial charge is 0.332 e. The normalized spacial score (nSPS) is 20.5. The fourth-order valence-electron chi connectivity index (χ4n) is 4.30. The maximum Gasteiger partial charge on any atom is 0.332 e. The molecular weight excluding hydrogens is 394 g/mol. The van der Waals surface area contributed by atoms with Gasteiger partial charge in [-0.3, -0.25) is 19.0 Å². The molecule has 5 rings (SSSR count). The molecule has 0 N–H and O–H groups in total. The summed E-state index contributed by atoms with van der Waals surface area (Å²) >= 11 is 1.49. The average molecular weight is 413 g/mol. The highest BCUT2D eigenvalue weighted by molar-refractivity contribution is 7.09. The Kier molecular flexibility index (Phi) is 4.05. The van der Waals surface area contributed by atoms with Crippen LogP contribution in [-0.2, 0) is 18.5 Å². The number of carbonyl (C=O) groups excluding carboxylic acids is 1. The Balaban J connectivity index is 1.50. The number of aryl methyl sites for hydroxylation is 1. The lowest BCUT2D eigenvalue weighted by molar-refractivity contribution is 0.0751. The highest BCUT2D eigenvalue weighted by Gasteiger charge is 2.48. The van der Waals surface area contributed by atoms with Crippen molar-refractivity contribution in [3.8, 4) is 0 Å². The van der Waals surface area contributed by atoms with E-state index in [0.29, 0.717) is 49.8 Å². The SMILES string of the molecule is Cc1nc(Cn2nc3n(c(=O)c2=O)CCC32CCN(C(=O)c3ccco3)C2)cs1. The number of nitrogens with zero attached hydrogens (tertiary/aromatic N) is 5. The minimum atomic E-state index is -0.641. The summed E-state index contributed by atoms with van der Waals surface area (Å²) in [7, 11) is 0. The molecule has 9 nitrogen and oxygen atoms in total. The monoisotopic (exact) mass is 413 g/mol. The third kappa shape index (κ3) is 2.86. The summed E-state index contributed by atoms with van der Waals surface area (Å²) in [6, 6.07) is 3.33. The Hall–Kier alpha value is -3.01. The van der Waals surface area contributed by atoms with Crippen molar-refractivity contribution in [1.82, 2.24) is 24.2 Å². The summed E-state index contributed by atoms with van der Waals surface area (Å²) in [4.78, 5) is 44.0. The second-order valence-electron chi connectivity index (χ2n) is 7.59. The maximum absolute atomic E-state index is 12.7. The van der Waals surface area contributed by atoms with E-state index in [1.807, 2.05) is 12.3 Å². The van der Waals surface area contributed by atoms with Gasteiger partial charge < -0.3 is 9.32 Å². The summed E-state index contributed by atoms with van der Waals surface area (Å²) < 4.78 is 7.93. The molecule has 0 saturated carbocycles. The molecule has 2 aliphatic rings. The second-order valence-corrected chi connectivity index (χ2v) is 8.65. The second kappa shape index (κ2) is 6.51. The van der Waals surface area contributed by atoms with Crippen LogP contribution in [0.4, 0.5) is 0 Å². The van der Waals surface area contributed by atoms with Gasteiger partial charge in [0.15, 0.2) is 5.76 Å². The van der Waals surface area contributed by atoms with E-state index in [1.54, 1.807) is 17.0 Å². The molecule has 0 aliphatic carbocycles. The lowest BCUT2D eigenvalue weighted by atomic mass is 9.85. The van der Waals surface area contributed by atoms with Crippen LogP contribution in [0.5, 0.6) is 0 Å². The molecule has 1 unspecified atom stereocenters. The third-order valence-electron chi connectivity index (χ3n) is 5.77. The zero-order valence-electron chi connectivity index (χ0n) is 15.8. The minimum Gasteiger partial charge on any atom is -0.459 e. The van der Waals surface area contributed by atoms with Crippen molar-refractivity contribution in [2.75, 3.05) is 13.1 Å². The Labute approximate surface area is 169 Å². The van der Waals surface area contributed by atoms with Crippen molar-refractivity contribution in [3.63, 3.8) is 0 Å². The fourth-order valence-corrected chi connectivity index (χ4v) is 4.91. The Morgan fingerprint density at radius 2 is 2.10 bits per heavy atom. The molecule has 10 heteroatoms. The summed E-state index contributed by atoms with van der Waals surface area (Å²) in [5.41, 5.74) is -0.915. The van der Waals surface area contributed by atoms with E-state index in [0.717, 1.165) is 5.01 Å². The van der Waals surface area contributed by atoms with Crippen LogP contribution >= 0.6 is 11.3 Å². The van der Waals surface area contributed by atoms with Crippen LogP contribution in [0.25, 0.3) is 0 Å². The number of thiazole rings is 1. The molecule has 0 bridgehead atoms. The van der Waals surface area contributed by atoms with Crippen LogP contribution in [0, 0.1) is 6.92 Å². The first kappa shape index (κ1) is 18.0. The summed E-state index contributed by atoms with van der Waals surface area (Å²) in [5, 5.41) is 7.34. The fraction of sp³-hybridized carbons (Fsp3) is 0.421. The molecule has 0 radical (unpaired) electrons. The molecule has 0 aromatic carbocycles. The van der Waals surface area contributed by atoms with Gasteiger partial charge in [0.05, 0.1) is 28.9 Å². The average Bonchev–Trinajstić information content (AvgIpc) is 3.49. The van der Waals surface area contributed by atoms with Crippen LogP contribution < -0.4 is 11.1 Å². The largest absolute Gasteiger partial charge is 0.459 e. The molecule has 3 aromatic heterocycles.